The van der Waals surface area contributed by atoms with Crippen molar-refractivity contribution in [3.63, 3.8) is 0 Å². The molecule has 1 aliphatic heterocycles. The van der Waals surface area contributed by atoms with E-state index in [0.29, 0.717) is 13.0 Å². The molecule has 110 valence electrons. The van der Waals surface area contributed by atoms with E-state index >= 15 is 0 Å². The van der Waals surface area contributed by atoms with Gasteiger partial charge >= 0.3 is 0 Å². The third-order valence-electron chi connectivity index (χ3n) is 4.28. The van der Waals surface area contributed by atoms with Crippen LogP contribution in [0.25, 0.3) is 0 Å². The number of hydrogen-bond acceptors (Lipinski definition) is 3. The molecule has 0 bridgehead atoms. The van der Waals surface area contributed by atoms with E-state index in [0.717, 1.165) is 44.4 Å². The Morgan fingerprint density at radius 2 is 2.25 bits per heavy atom. The highest BCUT2D eigenvalue weighted by Gasteiger charge is 2.18. The van der Waals surface area contributed by atoms with Gasteiger partial charge in [0, 0.05) is 31.7 Å². The minimum atomic E-state index is 0.105. The zero-order valence-corrected chi connectivity index (χ0v) is 11.9. The molecule has 5 heteroatoms. The Hall–Kier alpha value is -1.36. The van der Waals surface area contributed by atoms with Crippen LogP contribution in [0.5, 0.6) is 0 Å². The number of aromatic amines is 1. The van der Waals surface area contributed by atoms with Gasteiger partial charge < -0.3 is 10.1 Å². The number of carbonyl (C=O) groups excluding carboxylic acids is 1. The van der Waals surface area contributed by atoms with E-state index in [4.69, 9.17) is 4.74 Å². The van der Waals surface area contributed by atoms with Crippen LogP contribution in [-0.4, -0.2) is 35.4 Å². The molecule has 1 aromatic heterocycles. The summed E-state index contributed by atoms with van der Waals surface area (Å²) in [6.45, 7) is 1.48. The number of nitrogens with one attached hydrogen (secondary N) is 2. The van der Waals surface area contributed by atoms with Gasteiger partial charge in [0.1, 0.15) is 0 Å². The number of H-pyrrole nitrogens is 1. The Kier molecular flexibility index (Phi) is 4.35. The van der Waals surface area contributed by atoms with Crippen molar-refractivity contribution in [1.29, 1.82) is 0 Å². The van der Waals surface area contributed by atoms with Crippen molar-refractivity contribution in [2.75, 3.05) is 13.2 Å². The van der Waals surface area contributed by atoms with Crippen molar-refractivity contribution in [3.05, 3.63) is 17.0 Å². The molecular formula is C15H23N3O2. The number of aromatic nitrogens is 2. The van der Waals surface area contributed by atoms with Gasteiger partial charge in [0.2, 0.25) is 5.91 Å². The maximum Gasteiger partial charge on any atom is 0.220 e. The standard InChI is InChI=1S/C15H23N3O2/c19-15(16-10-11-4-3-9-20-11)8-7-14-12-5-1-2-6-13(12)17-18-14/h11H,1-10H2,(H,16,19)(H,17,18)/t11-/m0/s1. The smallest absolute Gasteiger partial charge is 0.220 e. The fourth-order valence-electron chi connectivity index (χ4n) is 3.11. The minimum Gasteiger partial charge on any atom is -0.376 e. The molecule has 1 aromatic rings. The van der Waals surface area contributed by atoms with E-state index in [2.05, 4.69) is 15.5 Å². The summed E-state index contributed by atoms with van der Waals surface area (Å²) in [6.07, 6.45) is 8.35. The highest BCUT2D eigenvalue weighted by molar-refractivity contribution is 5.76. The van der Waals surface area contributed by atoms with Gasteiger partial charge in [-0.3, -0.25) is 9.89 Å². The predicted octanol–water partition coefficient (Wildman–Crippen LogP) is 1.52. The van der Waals surface area contributed by atoms with Gasteiger partial charge in [-0.15, -0.1) is 0 Å². The number of amides is 1. The summed E-state index contributed by atoms with van der Waals surface area (Å²) in [6, 6.07) is 0. The van der Waals surface area contributed by atoms with Crippen molar-refractivity contribution in [3.8, 4) is 0 Å². The monoisotopic (exact) mass is 277 g/mol. The van der Waals surface area contributed by atoms with Crippen molar-refractivity contribution < 1.29 is 9.53 Å². The molecule has 1 amide bonds. The van der Waals surface area contributed by atoms with Crippen LogP contribution in [0, 0.1) is 0 Å². The number of carbonyl (C=O) groups is 1. The minimum absolute atomic E-state index is 0.105. The van der Waals surface area contributed by atoms with Crippen LogP contribution < -0.4 is 5.32 Å². The number of ether oxygens (including phenoxy) is 1. The lowest BCUT2D eigenvalue weighted by Gasteiger charge is -2.12. The summed E-state index contributed by atoms with van der Waals surface area (Å²) in [5.41, 5.74) is 3.74. The Bertz CT molecular complexity index is 464. The van der Waals surface area contributed by atoms with Crippen molar-refractivity contribution >= 4 is 5.91 Å². The molecule has 0 radical (unpaired) electrons. The lowest BCUT2D eigenvalue weighted by molar-refractivity contribution is -0.121. The topological polar surface area (TPSA) is 67.0 Å². The molecule has 1 saturated heterocycles. The molecule has 2 aliphatic rings. The van der Waals surface area contributed by atoms with Gasteiger partial charge in [-0.1, -0.05) is 0 Å². The third kappa shape index (κ3) is 3.20. The summed E-state index contributed by atoms with van der Waals surface area (Å²) < 4.78 is 5.50. The second-order valence-electron chi connectivity index (χ2n) is 5.77. The fourth-order valence-corrected chi connectivity index (χ4v) is 3.11. The second-order valence-corrected chi connectivity index (χ2v) is 5.77. The summed E-state index contributed by atoms with van der Waals surface area (Å²) >= 11 is 0. The summed E-state index contributed by atoms with van der Waals surface area (Å²) in [5.74, 6) is 0.105. The average molecular weight is 277 g/mol. The van der Waals surface area contributed by atoms with Gasteiger partial charge in [-0.05, 0) is 44.1 Å². The number of rotatable bonds is 5. The fraction of sp³-hybridized carbons (Fsp3) is 0.733. The van der Waals surface area contributed by atoms with Gasteiger partial charge in [-0.25, -0.2) is 0 Å². The normalized spacial score (nSPS) is 21.7. The average Bonchev–Trinajstić information content (AvgIpc) is 3.12. The van der Waals surface area contributed by atoms with Crippen LogP contribution in [0.3, 0.4) is 0 Å². The molecular weight excluding hydrogens is 254 g/mol. The van der Waals surface area contributed by atoms with Crippen LogP contribution in [0.2, 0.25) is 0 Å². The van der Waals surface area contributed by atoms with Crippen LogP contribution >= 0.6 is 0 Å². The Morgan fingerprint density at radius 1 is 1.35 bits per heavy atom. The molecule has 1 aliphatic carbocycles. The van der Waals surface area contributed by atoms with Crippen LogP contribution in [0.15, 0.2) is 0 Å². The second kappa shape index (κ2) is 6.39. The van der Waals surface area contributed by atoms with E-state index in [1.54, 1.807) is 0 Å². The number of aryl methyl sites for hydroxylation is 2. The Balaban J connectivity index is 1.44. The van der Waals surface area contributed by atoms with Gasteiger partial charge in [-0.2, -0.15) is 5.10 Å². The lowest BCUT2D eigenvalue weighted by Crippen LogP contribution is -2.31. The van der Waals surface area contributed by atoms with Crippen molar-refractivity contribution in [2.45, 2.75) is 57.5 Å². The Morgan fingerprint density at radius 3 is 3.10 bits per heavy atom. The third-order valence-corrected chi connectivity index (χ3v) is 4.28. The van der Waals surface area contributed by atoms with E-state index in [1.807, 2.05) is 0 Å². The molecule has 20 heavy (non-hydrogen) atoms. The van der Waals surface area contributed by atoms with E-state index < -0.39 is 0 Å². The molecule has 0 aromatic carbocycles. The van der Waals surface area contributed by atoms with Crippen LogP contribution in [-0.2, 0) is 28.8 Å². The maximum atomic E-state index is 11.9. The van der Waals surface area contributed by atoms with E-state index in [-0.39, 0.29) is 12.0 Å². The van der Waals surface area contributed by atoms with Crippen LogP contribution in [0.1, 0.15) is 49.1 Å². The molecule has 1 fully saturated rings. The highest BCUT2D eigenvalue weighted by atomic mass is 16.5. The first kappa shape index (κ1) is 13.6. The lowest BCUT2D eigenvalue weighted by atomic mass is 9.94. The Labute approximate surface area is 119 Å². The molecule has 0 spiro atoms. The largest absolute Gasteiger partial charge is 0.376 e. The molecule has 2 heterocycles. The molecule has 0 unspecified atom stereocenters. The summed E-state index contributed by atoms with van der Waals surface area (Å²) in [5, 5.41) is 10.5. The molecule has 5 nitrogen and oxygen atoms in total. The summed E-state index contributed by atoms with van der Waals surface area (Å²) in [7, 11) is 0. The van der Waals surface area contributed by atoms with Crippen molar-refractivity contribution in [2.24, 2.45) is 0 Å². The first-order chi connectivity index (χ1) is 9.83. The predicted molar refractivity (Wildman–Crippen MR) is 75.5 cm³/mol. The maximum absolute atomic E-state index is 11.9. The van der Waals surface area contributed by atoms with E-state index in [9.17, 15) is 4.79 Å². The first-order valence-electron chi connectivity index (χ1n) is 7.76. The quantitative estimate of drug-likeness (QED) is 0.857. The molecule has 0 saturated carbocycles. The zero-order valence-electron chi connectivity index (χ0n) is 11.9. The molecule has 1 atom stereocenters. The van der Waals surface area contributed by atoms with E-state index in [1.165, 1.54) is 24.1 Å². The number of hydrogen-bond donors (Lipinski definition) is 2. The summed E-state index contributed by atoms with van der Waals surface area (Å²) in [4.78, 5) is 11.9. The van der Waals surface area contributed by atoms with Gasteiger partial charge in [0.15, 0.2) is 0 Å². The molecule has 2 N–H and O–H groups in total. The zero-order chi connectivity index (χ0) is 13.8. The first-order valence-corrected chi connectivity index (χ1v) is 7.76. The van der Waals surface area contributed by atoms with Gasteiger partial charge in [0.25, 0.3) is 0 Å². The van der Waals surface area contributed by atoms with Crippen molar-refractivity contribution in [1.82, 2.24) is 15.5 Å². The van der Waals surface area contributed by atoms with Crippen LogP contribution in [0.4, 0.5) is 0 Å². The SMILES string of the molecule is O=C(CCc1n[nH]c2c1CCCC2)NC[C@@H]1CCCO1. The highest BCUT2D eigenvalue weighted by Crippen LogP contribution is 2.22. The van der Waals surface area contributed by atoms with Gasteiger partial charge in [0.05, 0.1) is 11.8 Å². The number of nitrogens with zero attached hydrogens (tertiary/aromatic N) is 1. The number of fused-ring (bicyclic) bond motifs is 1. The molecule has 3 rings (SSSR count).